The van der Waals surface area contributed by atoms with Crippen LogP contribution in [-0.4, -0.2) is 49.9 Å². The first-order valence-corrected chi connectivity index (χ1v) is 11.4. The van der Waals surface area contributed by atoms with Crippen LogP contribution in [0.15, 0.2) is 36.9 Å². The van der Waals surface area contributed by atoms with Gasteiger partial charge in [0.15, 0.2) is 9.84 Å². The molecule has 0 saturated carbocycles. The van der Waals surface area contributed by atoms with Crippen LogP contribution in [0.2, 0.25) is 0 Å². The molecule has 1 aromatic rings. The Labute approximate surface area is 167 Å². The molecule has 0 bridgehead atoms. The van der Waals surface area contributed by atoms with Gasteiger partial charge >= 0.3 is 0 Å². The first-order valence-electron chi connectivity index (χ1n) is 9.59. The number of hydrogen-bond donors (Lipinski definition) is 1. The van der Waals surface area contributed by atoms with E-state index in [2.05, 4.69) is 32.7 Å². The first kappa shape index (κ1) is 22.6. The summed E-state index contributed by atoms with van der Waals surface area (Å²) >= 11 is 0. The van der Waals surface area contributed by atoms with Crippen LogP contribution < -0.4 is 5.32 Å². The van der Waals surface area contributed by atoms with Gasteiger partial charge in [-0.15, -0.1) is 6.58 Å². The summed E-state index contributed by atoms with van der Waals surface area (Å²) in [4.78, 5) is 14.6. The van der Waals surface area contributed by atoms with E-state index in [1.807, 2.05) is 4.90 Å². The molecule has 2 atom stereocenters. The van der Waals surface area contributed by atoms with Crippen molar-refractivity contribution >= 4 is 15.7 Å². The molecule has 28 heavy (non-hydrogen) atoms. The number of rotatable bonds is 8. The highest BCUT2D eigenvalue weighted by Crippen LogP contribution is 2.29. The van der Waals surface area contributed by atoms with Gasteiger partial charge in [0.2, 0.25) is 5.91 Å². The Morgan fingerprint density at radius 3 is 2.50 bits per heavy atom. The molecule has 1 saturated heterocycles. The van der Waals surface area contributed by atoms with Crippen LogP contribution >= 0.6 is 0 Å². The van der Waals surface area contributed by atoms with Crippen LogP contribution in [0, 0.1) is 11.2 Å². The van der Waals surface area contributed by atoms with E-state index < -0.39 is 9.84 Å². The smallest absolute Gasteiger partial charge is 0.234 e. The first-order chi connectivity index (χ1) is 13.0. The third-order valence-electron chi connectivity index (χ3n) is 4.86. The Balaban J connectivity index is 2.10. The minimum absolute atomic E-state index is 0.0351. The van der Waals surface area contributed by atoms with E-state index in [0.717, 1.165) is 5.56 Å². The number of benzene rings is 1. The Hall–Kier alpha value is -1.73. The molecule has 5 nitrogen and oxygen atoms in total. The maximum Gasteiger partial charge on any atom is 0.234 e. The van der Waals surface area contributed by atoms with Crippen LogP contribution in [0.1, 0.15) is 45.2 Å². The molecule has 7 heteroatoms. The average molecular weight is 411 g/mol. The third kappa shape index (κ3) is 7.02. The molecule has 1 fully saturated rings. The van der Waals surface area contributed by atoms with Gasteiger partial charge in [0.05, 0.1) is 24.1 Å². The summed E-state index contributed by atoms with van der Waals surface area (Å²) in [5.41, 5.74) is 0.815. The van der Waals surface area contributed by atoms with E-state index in [1.165, 1.54) is 12.1 Å². The summed E-state index contributed by atoms with van der Waals surface area (Å²) in [5.74, 6) is -0.249. The van der Waals surface area contributed by atoms with Gasteiger partial charge in [-0.3, -0.25) is 9.69 Å². The number of hydrogen-bond acceptors (Lipinski definition) is 4. The van der Waals surface area contributed by atoms with Crippen LogP contribution in [0.3, 0.4) is 0 Å². The minimum atomic E-state index is -3.03. The lowest BCUT2D eigenvalue weighted by Crippen LogP contribution is -2.44. The molecular weight excluding hydrogens is 379 g/mol. The normalized spacial score (nSPS) is 20.1. The maximum absolute atomic E-state index is 13.3. The van der Waals surface area contributed by atoms with Gasteiger partial charge in [0, 0.05) is 12.6 Å². The van der Waals surface area contributed by atoms with E-state index in [0.29, 0.717) is 19.4 Å². The van der Waals surface area contributed by atoms with Crippen LogP contribution in [0.4, 0.5) is 4.39 Å². The molecule has 0 spiro atoms. The molecule has 0 aromatic heterocycles. The molecule has 1 heterocycles. The Morgan fingerprint density at radius 2 is 2.00 bits per heavy atom. The fourth-order valence-electron chi connectivity index (χ4n) is 3.56. The average Bonchev–Trinajstić information content (AvgIpc) is 2.93. The van der Waals surface area contributed by atoms with E-state index >= 15 is 0 Å². The second-order valence-electron chi connectivity index (χ2n) is 8.71. The second-order valence-corrected chi connectivity index (χ2v) is 10.9. The maximum atomic E-state index is 13.3. The van der Waals surface area contributed by atoms with E-state index in [1.54, 1.807) is 18.2 Å². The van der Waals surface area contributed by atoms with E-state index in [9.17, 15) is 17.6 Å². The van der Waals surface area contributed by atoms with Crippen molar-refractivity contribution < 1.29 is 17.6 Å². The molecular formula is C21H31FN2O3S. The summed E-state index contributed by atoms with van der Waals surface area (Å²) in [5, 5.41) is 3.06. The fourth-order valence-corrected chi connectivity index (χ4v) is 5.32. The largest absolute Gasteiger partial charge is 0.348 e. The third-order valence-corrected chi connectivity index (χ3v) is 6.61. The van der Waals surface area contributed by atoms with Crippen molar-refractivity contribution in [2.75, 3.05) is 24.6 Å². The highest BCUT2D eigenvalue weighted by Gasteiger charge is 2.33. The zero-order valence-electron chi connectivity index (χ0n) is 16.9. The molecule has 156 valence electrons. The standard InChI is InChI=1S/C21H31FN2O3S/c1-5-11-24(18-10-12-28(26,27)15-18)14-20(25)23-19(13-21(2,3)4)16-6-8-17(22)9-7-16/h5-9,18-19H,1,10-15H2,2-4H3,(H,23,25). The lowest BCUT2D eigenvalue weighted by molar-refractivity contribution is -0.123. The van der Waals surface area contributed by atoms with Gasteiger partial charge in [0.25, 0.3) is 0 Å². The number of amides is 1. The molecule has 1 N–H and O–H groups in total. The predicted molar refractivity (Wildman–Crippen MR) is 110 cm³/mol. The van der Waals surface area contributed by atoms with Gasteiger partial charge in [-0.25, -0.2) is 12.8 Å². The van der Waals surface area contributed by atoms with Crippen molar-refractivity contribution in [1.29, 1.82) is 0 Å². The Morgan fingerprint density at radius 1 is 1.36 bits per heavy atom. The van der Waals surface area contributed by atoms with Crippen LogP contribution in [0.25, 0.3) is 0 Å². The van der Waals surface area contributed by atoms with Crippen molar-refractivity contribution in [1.82, 2.24) is 10.2 Å². The Kier molecular flexibility index (Phi) is 7.39. The zero-order valence-corrected chi connectivity index (χ0v) is 17.8. The number of nitrogens with one attached hydrogen (secondary N) is 1. The minimum Gasteiger partial charge on any atom is -0.348 e. The van der Waals surface area contributed by atoms with Gasteiger partial charge in [-0.2, -0.15) is 0 Å². The van der Waals surface area contributed by atoms with Gasteiger partial charge < -0.3 is 5.32 Å². The highest BCUT2D eigenvalue weighted by molar-refractivity contribution is 7.91. The van der Waals surface area contributed by atoms with Crippen molar-refractivity contribution in [3.8, 4) is 0 Å². The number of carbonyl (C=O) groups excluding carboxylic acids is 1. The Bertz CT molecular complexity index is 785. The molecule has 1 amide bonds. The number of halogens is 1. The predicted octanol–water partition coefficient (Wildman–Crippen LogP) is 3.09. The molecule has 0 radical (unpaired) electrons. The molecule has 1 aliphatic rings. The number of carbonyl (C=O) groups is 1. The molecule has 2 unspecified atom stereocenters. The summed E-state index contributed by atoms with van der Waals surface area (Å²) < 4.78 is 36.9. The monoisotopic (exact) mass is 410 g/mol. The summed E-state index contributed by atoms with van der Waals surface area (Å²) in [7, 11) is -3.03. The summed E-state index contributed by atoms with van der Waals surface area (Å²) in [6.45, 7) is 10.5. The number of sulfone groups is 1. The SMILES string of the molecule is C=CCN(CC(=O)NC(CC(C)(C)C)c1ccc(F)cc1)C1CCS(=O)(=O)C1. The summed E-state index contributed by atoms with van der Waals surface area (Å²) in [6.07, 6.45) is 2.92. The van der Waals surface area contributed by atoms with Crippen molar-refractivity contribution in [2.45, 2.75) is 45.7 Å². The van der Waals surface area contributed by atoms with Crippen molar-refractivity contribution in [3.05, 3.63) is 48.3 Å². The van der Waals surface area contributed by atoms with E-state index in [-0.39, 0.29) is 47.3 Å². The van der Waals surface area contributed by atoms with E-state index in [4.69, 9.17) is 0 Å². The van der Waals surface area contributed by atoms with Gasteiger partial charge in [-0.05, 0) is 36.0 Å². The van der Waals surface area contributed by atoms with Crippen molar-refractivity contribution in [3.63, 3.8) is 0 Å². The molecule has 1 aliphatic heterocycles. The lowest BCUT2D eigenvalue weighted by Gasteiger charge is -2.30. The fraction of sp³-hybridized carbons (Fsp3) is 0.571. The molecule has 1 aromatic carbocycles. The van der Waals surface area contributed by atoms with Crippen LogP contribution in [-0.2, 0) is 14.6 Å². The lowest BCUT2D eigenvalue weighted by atomic mass is 9.85. The number of nitrogens with zero attached hydrogens (tertiary/aromatic N) is 1. The summed E-state index contributed by atoms with van der Waals surface area (Å²) in [6, 6.07) is 5.76. The molecule has 0 aliphatic carbocycles. The second kappa shape index (κ2) is 9.18. The highest BCUT2D eigenvalue weighted by atomic mass is 32.2. The zero-order chi connectivity index (χ0) is 20.9. The van der Waals surface area contributed by atoms with Crippen LogP contribution in [0.5, 0.6) is 0 Å². The van der Waals surface area contributed by atoms with Gasteiger partial charge in [0.1, 0.15) is 5.82 Å². The van der Waals surface area contributed by atoms with Gasteiger partial charge in [-0.1, -0.05) is 39.0 Å². The molecule has 2 rings (SSSR count). The topological polar surface area (TPSA) is 66.5 Å². The van der Waals surface area contributed by atoms with Crippen molar-refractivity contribution in [2.24, 2.45) is 5.41 Å². The quantitative estimate of drug-likeness (QED) is 0.669.